The van der Waals surface area contributed by atoms with E-state index in [2.05, 4.69) is 9.97 Å². The molecule has 8 heteroatoms. The summed E-state index contributed by atoms with van der Waals surface area (Å²) in [4.78, 5) is 9.92. The van der Waals surface area contributed by atoms with Gasteiger partial charge in [0.2, 0.25) is 11.8 Å². The van der Waals surface area contributed by atoms with Gasteiger partial charge < -0.3 is 14.4 Å². The minimum atomic E-state index is -4.57. The molecule has 1 fully saturated rings. The summed E-state index contributed by atoms with van der Waals surface area (Å²) < 4.78 is 51.7. The zero-order valence-corrected chi connectivity index (χ0v) is 16.7. The maximum atomic E-state index is 13.5. The molecule has 0 saturated heterocycles. The summed E-state index contributed by atoms with van der Waals surface area (Å²) in [6.07, 6.45) is 0.466. The summed E-state index contributed by atoms with van der Waals surface area (Å²) in [5, 5.41) is 0. The highest BCUT2D eigenvalue weighted by Gasteiger charge is 2.37. The molecule has 1 aromatic carbocycles. The van der Waals surface area contributed by atoms with Crippen molar-refractivity contribution in [3.63, 3.8) is 0 Å². The number of hydrogen-bond donors (Lipinski definition) is 0. The van der Waals surface area contributed by atoms with Crippen molar-refractivity contribution in [2.24, 2.45) is 0 Å². The van der Waals surface area contributed by atoms with Gasteiger partial charge in [-0.05, 0) is 51.7 Å². The van der Waals surface area contributed by atoms with Gasteiger partial charge >= 0.3 is 6.18 Å². The number of anilines is 2. The van der Waals surface area contributed by atoms with Gasteiger partial charge in [0.25, 0.3) is 0 Å². The van der Waals surface area contributed by atoms with Crippen LogP contribution in [0.3, 0.4) is 0 Å². The zero-order chi connectivity index (χ0) is 20.9. The van der Waals surface area contributed by atoms with E-state index >= 15 is 0 Å². The first-order chi connectivity index (χ1) is 13.9. The van der Waals surface area contributed by atoms with Crippen LogP contribution >= 0.6 is 0 Å². The number of nitrogens with zero attached hydrogens (tertiary/aromatic N) is 3. The Labute approximate surface area is 168 Å². The maximum absolute atomic E-state index is 13.5. The molecule has 0 amide bonds. The number of benzene rings is 1. The van der Waals surface area contributed by atoms with Gasteiger partial charge in [0, 0.05) is 24.5 Å². The molecule has 1 aliphatic carbocycles. The minimum Gasteiger partial charge on any atom is -0.494 e. The van der Waals surface area contributed by atoms with Gasteiger partial charge in [-0.3, -0.25) is 0 Å². The third-order valence-electron chi connectivity index (χ3n) is 4.87. The van der Waals surface area contributed by atoms with Gasteiger partial charge in [-0.1, -0.05) is 12.5 Å². The molecule has 29 heavy (non-hydrogen) atoms. The highest BCUT2D eigenvalue weighted by molar-refractivity contribution is 5.59. The monoisotopic (exact) mass is 409 g/mol. The highest BCUT2D eigenvalue weighted by Crippen LogP contribution is 2.38. The molecule has 0 N–H and O–H groups in total. The Kier molecular flexibility index (Phi) is 6.82. The van der Waals surface area contributed by atoms with Crippen LogP contribution in [0.25, 0.3) is 0 Å². The molecule has 2 aromatic rings. The van der Waals surface area contributed by atoms with Gasteiger partial charge in [0.1, 0.15) is 17.4 Å². The zero-order valence-electron chi connectivity index (χ0n) is 16.7. The van der Waals surface area contributed by atoms with Crippen molar-refractivity contribution in [3.05, 3.63) is 36.0 Å². The first-order valence-electron chi connectivity index (χ1n) is 10.0. The van der Waals surface area contributed by atoms with Crippen LogP contribution in [0.1, 0.15) is 51.5 Å². The van der Waals surface area contributed by atoms with Crippen LogP contribution in [-0.4, -0.2) is 29.2 Å². The Hall–Kier alpha value is -2.51. The predicted octanol–water partition coefficient (Wildman–Crippen LogP) is 5.76. The van der Waals surface area contributed by atoms with Crippen molar-refractivity contribution < 1.29 is 22.6 Å². The van der Waals surface area contributed by atoms with E-state index in [4.69, 9.17) is 9.47 Å². The number of rotatable bonds is 7. The van der Waals surface area contributed by atoms with E-state index in [9.17, 15) is 13.2 Å². The fourth-order valence-electron chi connectivity index (χ4n) is 3.46. The summed E-state index contributed by atoms with van der Waals surface area (Å²) in [7, 11) is 0. The van der Waals surface area contributed by atoms with Crippen molar-refractivity contribution >= 4 is 11.6 Å². The van der Waals surface area contributed by atoms with Gasteiger partial charge in [0.15, 0.2) is 0 Å². The van der Waals surface area contributed by atoms with Crippen molar-refractivity contribution in [2.45, 2.75) is 58.2 Å². The molecule has 1 heterocycles. The quantitative estimate of drug-likeness (QED) is 0.582. The first-order valence-corrected chi connectivity index (χ1v) is 10.0. The number of aromatic nitrogens is 2. The summed E-state index contributed by atoms with van der Waals surface area (Å²) in [6, 6.07) is 7.31. The lowest BCUT2D eigenvalue weighted by molar-refractivity contribution is -0.140. The fraction of sp³-hybridized carbons (Fsp3) is 0.524. The third kappa shape index (κ3) is 5.31. The van der Waals surface area contributed by atoms with Crippen LogP contribution in [0.15, 0.2) is 30.5 Å². The lowest BCUT2D eigenvalue weighted by Crippen LogP contribution is -2.24. The summed E-state index contributed by atoms with van der Waals surface area (Å²) in [5.41, 5.74) is -0.201. The number of alkyl halides is 3. The van der Waals surface area contributed by atoms with E-state index in [1.165, 1.54) is 0 Å². The summed E-state index contributed by atoms with van der Waals surface area (Å²) in [5.74, 6) is 0.447. The van der Waals surface area contributed by atoms with E-state index in [1.54, 1.807) is 4.90 Å². The van der Waals surface area contributed by atoms with Crippen LogP contribution in [0.5, 0.6) is 11.6 Å². The van der Waals surface area contributed by atoms with Crippen molar-refractivity contribution in [3.8, 4) is 11.6 Å². The molecule has 0 radical (unpaired) electrons. The Morgan fingerprint density at radius 2 is 1.90 bits per heavy atom. The number of hydrogen-bond acceptors (Lipinski definition) is 5. The first kappa shape index (κ1) is 21.2. The van der Waals surface area contributed by atoms with Crippen LogP contribution < -0.4 is 14.4 Å². The second kappa shape index (κ2) is 9.33. The fourth-order valence-corrected chi connectivity index (χ4v) is 3.46. The lowest BCUT2D eigenvalue weighted by atomic mass is 9.98. The Morgan fingerprint density at radius 3 is 2.55 bits per heavy atom. The van der Waals surface area contributed by atoms with Gasteiger partial charge in [-0.15, -0.1) is 0 Å². The molecular formula is C21H26F3N3O2. The average molecular weight is 409 g/mol. The van der Waals surface area contributed by atoms with Crippen LogP contribution in [-0.2, 0) is 6.18 Å². The molecule has 1 aromatic heterocycles. The lowest BCUT2D eigenvalue weighted by Gasteiger charge is -2.26. The van der Waals surface area contributed by atoms with E-state index < -0.39 is 17.6 Å². The van der Waals surface area contributed by atoms with E-state index in [0.717, 1.165) is 44.0 Å². The second-order valence-corrected chi connectivity index (χ2v) is 6.94. The van der Waals surface area contributed by atoms with Crippen LogP contribution in [0.4, 0.5) is 24.8 Å². The van der Waals surface area contributed by atoms with Crippen LogP contribution in [0, 0.1) is 0 Å². The van der Waals surface area contributed by atoms with E-state index in [0.29, 0.717) is 18.9 Å². The Bertz CT molecular complexity index is 808. The van der Waals surface area contributed by atoms with Crippen molar-refractivity contribution in [1.82, 2.24) is 9.97 Å². The third-order valence-corrected chi connectivity index (χ3v) is 4.87. The standard InChI is InChI=1S/C21H26F3N3O2/c1-3-27(15-9-8-12-17(13-15)28-4-2)20-25-14-18(21(22,23)24)19(26-20)29-16-10-6-5-7-11-16/h8-9,12-14,16H,3-7,10-11H2,1-2H3. The molecule has 0 bridgehead atoms. The smallest absolute Gasteiger partial charge is 0.423 e. The summed E-state index contributed by atoms with van der Waals surface area (Å²) >= 11 is 0. The molecule has 158 valence electrons. The van der Waals surface area contributed by atoms with Crippen molar-refractivity contribution in [1.29, 1.82) is 0 Å². The molecule has 0 spiro atoms. The normalized spacial score (nSPS) is 15.2. The molecule has 5 nitrogen and oxygen atoms in total. The predicted molar refractivity (Wildman–Crippen MR) is 105 cm³/mol. The average Bonchev–Trinajstić information content (AvgIpc) is 2.69. The van der Waals surface area contributed by atoms with Crippen LogP contribution in [0.2, 0.25) is 0 Å². The highest BCUT2D eigenvalue weighted by atomic mass is 19.4. The second-order valence-electron chi connectivity index (χ2n) is 6.94. The molecule has 0 unspecified atom stereocenters. The van der Waals surface area contributed by atoms with Gasteiger partial charge in [-0.25, -0.2) is 4.98 Å². The minimum absolute atomic E-state index is 0.167. The summed E-state index contributed by atoms with van der Waals surface area (Å²) in [6.45, 7) is 4.77. The number of ether oxygens (including phenoxy) is 2. The largest absolute Gasteiger partial charge is 0.494 e. The van der Waals surface area contributed by atoms with E-state index in [1.807, 2.05) is 38.1 Å². The van der Waals surface area contributed by atoms with E-state index in [-0.39, 0.29) is 12.1 Å². The number of halogens is 3. The molecule has 3 rings (SSSR count). The SMILES string of the molecule is CCOc1cccc(N(CC)c2ncc(C(F)(F)F)c(OC3CCCCC3)n2)c1. The molecule has 1 aliphatic rings. The molecule has 1 saturated carbocycles. The molecule has 0 aliphatic heterocycles. The maximum Gasteiger partial charge on any atom is 0.423 e. The van der Waals surface area contributed by atoms with Crippen molar-refractivity contribution in [2.75, 3.05) is 18.1 Å². The van der Waals surface area contributed by atoms with Gasteiger partial charge in [-0.2, -0.15) is 18.2 Å². The Morgan fingerprint density at radius 1 is 1.14 bits per heavy atom. The molecule has 0 atom stereocenters. The Balaban J connectivity index is 1.95. The molecular weight excluding hydrogens is 383 g/mol. The topological polar surface area (TPSA) is 47.5 Å². The van der Waals surface area contributed by atoms with Gasteiger partial charge in [0.05, 0.1) is 6.61 Å².